The number of nitrogens with one attached hydrogen (secondary N) is 2. The first-order valence-electron chi connectivity index (χ1n) is 9.22. The molecule has 7 nitrogen and oxygen atoms in total. The van der Waals surface area contributed by atoms with Crippen molar-refractivity contribution >= 4 is 32.7 Å². The first-order chi connectivity index (χ1) is 14.3. The Labute approximate surface area is 174 Å². The van der Waals surface area contributed by atoms with Crippen LogP contribution in [0.2, 0.25) is 0 Å². The molecular formula is C22H20N4O3S. The van der Waals surface area contributed by atoms with Crippen molar-refractivity contribution in [3.63, 3.8) is 0 Å². The Bertz CT molecular complexity index is 1360. The lowest BCUT2D eigenvalue weighted by Crippen LogP contribution is -2.17. The zero-order valence-corrected chi connectivity index (χ0v) is 17.3. The fraction of sp³-hybridized carbons (Fsp3) is 0.0909. The third-order valence-electron chi connectivity index (χ3n) is 4.66. The standard InChI is InChI=1S/C22H20N4O3S/c1-23-22(27)17-9-10-21-20(13-17)24-14-26(21)19-8-4-6-16(12-19)15-5-3-7-18(11-15)25-30(2,28)29/h3-14,25H,1-2H3,(H,23,27). The van der Waals surface area contributed by atoms with Crippen LogP contribution >= 0.6 is 0 Å². The second-order valence-corrected chi connectivity index (χ2v) is 8.65. The van der Waals surface area contributed by atoms with E-state index in [1.165, 1.54) is 0 Å². The number of carbonyl (C=O) groups excluding carboxylic acids is 1. The summed E-state index contributed by atoms with van der Waals surface area (Å²) in [5, 5.41) is 2.61. The number of fused-ring (bicyclic) bond motifs is 1. The molecule has 152 valence electrons. The lowest BCUT2D eigenvalue weighted by Gasteiger charge is -2.10. The molecular weight excluding hydrogens is 400 g/mol. The molecule has 0 aliphatic rings. The van der Waals surface area contributed by atoms with Gasteiger partial charge >= 0.3 is 0 Å². The number of hydrogen-bond acceptors (Lipinski definition) is 4. The molecule has 0 aliphatic heterocycles. The average molecular weight is 420 g/mol. The van der Waals surface area contributed by atoms with Crippen LogP contribution in [0.25, 0.3) is 27.8 Å². The summed E-state index contributed by atoms with van der Waals surface area (Å²) in [6, 6.07) is 20.5. The molecule has 0 unspecified atom stereocenters. The van der Waals surface area contributed by atoms with Crippen molar-refractivity contribution in [3.8, 4) is 16.8 Å². The zero-order valence-electron chi connectivity index (χ0n) is 16.5. The second kappa shape index (κ2) is 7.64. The molecule has 8 heteroatoms. The van der Waals surface area contributed by atoms with E-state index in [-0.39, 0.29) is 5.91 Å². The van der Waals surface area contributed by atoms with Crippen molar-refractivity contribution in [3.05, 3.63) is 78.6 Å². The molecule has 4 aromatic rings. The fourth-order valence-electron chi connectivity index (χ4n) is 3.32. The average Bonchev–Trinajstić information content (AvgIpc) is 3.15. The van der Waals surface area contributed by atoms with Crippen molar-refractivity contribution in [2.45, 2.75) is 0 Å². The van der Waals surface area contributed by atoms with Crippen LogP contribution in [0.1, 0.15) is 10.4 Å². The molecule has 4 rings (SSSR count). The van der Waals surface area contributed by atoms with Gasteiger partial charge in [0.25, 0.3) is 5.91 Å². The van der Waals surface area contributed by atoms with Gasteiger partial charge < -0.3 is 5.32 Å². The molecule has 0 fully saturated rings. The van der Waals surface area contributed by atoms with Crippen LogP contribution in [-0.4, -0.2) is 37.2 Å². The van der Waals surface area contributed by atoms with Crippen LogP contribution in [0.4, 0.5) is 5.69 Å². The van der Waals surface area contributed by atoms with Gasteiger partial charge in [-0.3, -0.25) is 14.1 Å². The predicted molar refractivity (Wildman–Crippen MR) is 118 cm³/mol. The van der Waals surface area contributed by atoms with E-state index in [4.69, 9.17) is 0 Å². The van der Waals surface area contributed by atoms with E-state index in [0.29, 0.717) is 11.3 Å². The number of nitrogens with zero attached hydrogens (tertiary/aromatic N) is 2. The zero-order chi connectivity index (χ0) is 21.3. The van der Waals surface area contributed by atoms with E-state index >= 15 is 0 Å². The van der Waals surface area contributed by atoms with E-state index in [9.17, 15) is 13.2 Å². The molecule has 1 heterocycles. The normalized spacial score (nSPS) is 11.4. The molecule has 0 bridgehead atoms. The maximum atomic E-state index is 11.9. The van der Waals surface area contributed by atoms with Gasteiger partial charge in [-0.15, -0.1) is 0 Å². The molecule has 0 atom stereocenters. The smallest absolute Gasteiger partial charge is 0.251 e. The van der Waals surface area contributed by atoms with Gasteiger partial charge in [-0.1, -0.05) is 24.3 Å². The van der Waals surface area contributed by atoms with Gasteiger partial charge in [0.15, 0.2) is 0 Å². The van der Waals surface area contributed by atoms with Gasteiger partial charge in [0, 0.05) is 24.0 Å². The van der Waals surface area contributed by atoms with Gasteiger partial charge in [0.05, 0.1) is 17.3 Å². The van der Waals surface area contributed by atoms with Crippen molar-refractivity contribution in [2.24, 2.45) is 0 Å². The summed E-state index contributed by atoms with van der Waals surface area (Å²) in [5.74, 6) is -0.156. The Morgan fingerprint density at radius 3 is 2.43 bits per heavy atom. The molecule has 2 N–H and O–H groups in total. The highest BCUT2D eigenvalue weighted by Gasteiger charge is 2.10. The monoisotopic (exact) mass is 420 g/mol. The van der Waals surface area contributed by atoms with Crippen molar-refractivity contribution in [2.75, 3.05) is 18.0 Å². The summed E-state index contributed by atoms with van der Waals surface area (Å²) in [7, 11) is -1.75. The van der Waals surface area contributed by atoms with Crippen LogP contribution in [0.3, 0.4) is 0 Å². The van der Waals surface area contributed by atoms with Crippen molar-refractivity contribution in [1.29, 1.82) is 0 Å². The van der Waals surface area contributed by atoms with E-state index in [0.717, 1.165) is 34.1 Å². The largest absolute Gasteiger partial charge is 0.355 e. The summed E-state index contributed by atoms with van der Waals surface area (Å²) in [6.07, 6.45) is 2.85. The summed E-state index contributed by atoms with van der Waals surface area (Å²) < 4.78 is 27.5. The number of rotatable bonds is 5. The molecule has 0 aliphatic carbocycles. The van der Waals surface area contributed by atoms with Gasteiger partial charge in [-0.05, 0) is 53.6 Å². The number of anilines is 1. The Balaban J connectivity index is 1.72. The molecule has 0 radical (unpaired) electrons. The fourth-order valence-corrected chi connectivity index (χ4v) is 3.87. The van der Waals surface area contributed by atoms with Gasteiger partial charge in [-0.25, -0.2) is 13.4 Å². The number of amides is 1. The lowest BCUT2D eigenvalue weighted by molar-refractivity contribution is 0.0963. The number of imidazole rings is 1. The van der Waals surface area contributed by atoms with Crippen LogP contribution in [0, 0.1) is 0 Å². The van der Waals surface area contributed by atoms with Gasteiger partial charge in [0.2, 0.25) is 10.0 Å². The minimum absolute atomic E-state index is 0.156. The third-order valence-corrected chi connectivity index (χ3v) is 5.27. The number of sulfonamides is 1. The lowest BCUT2D eigenvalue weighted by atomic mass is 10.0. The van der Waals surface area contributed by atoms with Crippen LogP contribution in [0.15, 0.2) is 73.1 Å². The Morgan fingerprint density at radius 1 is 0.967 bits per heavy atom. The molecule has 1 amide bonds. The molecule has 3 aromatic carbocycles. The maximum absolute atomic E-state index is 11.9. The number of benzene rings is 3. The molecule has 30 heavy (non-hydrogen) atoms. The Morgan fingerprint density at radius 2 is 1.70 bits per heavy atom. The van der Waals surface area contributed by atoms with E-state index in [1.54, 1.807) is 37.6 Å². The van der Waals surface area contributed by atoms with Gasteiger partial charge in [0.1, 0.15) is 6.33 Å². The first kappa shape index (κ1) is 19.7. The van der Waals surface area contributed by atoms with Crippen LogP contribution in [-0.2, 0) is 10.0 Å². The summed E-state index contributed by atoms with van der Waals surface area (Å²) in [4.78, 5) is 16.3. The van der Waals surface area contributed by atoms with E-state index in [1.807, 2.05) is 47.0 Å². The van der Waals surface area contributed by atoms with Crippen LogP contribution in [0.5, 0.6) is 0 Å². The highest BCUT2D eigenvalue weighted by molar-refractivity contribution is 7.92. The Hall–Kier alpha value is -3.65. The number of carbonyl (C=O) groups is 1. The Kier molecular flexibility index (Phi) is 5.01. The summed E-state index contributed by atoms with van der Waals surface area (Å²) >= 11 is 0. The quantitative estimate of drug-likeness (QED) is 0.517. The predicted octanol–water partition coefficient (Wildman–Crippen LogP) is 3.42. The molecule has 0 spiro atoms. The number of hydrogen-bond donors (Lipinski definition) is 2. The van der Waals surface area contributed by atoms with E-state index in [2.05, 4.69) is 15.0 Å². The summed E-state index contributed by atoms with van der Waals surface area (Å²) in [6.45, 7) is 0. The van der Waals surface area contributed by atoms with Crippen molar-refractivity contribution in [1.82, 2.24) is 14.9 Å². The number of aromatic nitrogens is 2. The van der Waals surface area contributed by atoms with Crippen molar-refractivity contribution < 1.29 is 13.2 Å². The first-order valence-corrected chi connectivity index (χ1v) is 11.1. The molecule has 0 saturated carbocycles. The molecule has 0 saturated heterocycles. The minimum Gasteiger partial charge on any atom is -0.355 e. The SMILES string of the molecule is CNC(=O)c1ccc2c(c1)ncn2-c1cccc(-c2cccc(NS(C)(=O)=O)c2)c1. The highest BCUT2D eigenvalue weighted by atomic mass is 32.2. The highest BCUT2D eigenvalue weighted by Crippen LogP contribution is 2.27. The maximum Gasteiger partial charge on any atom is 0.251 e. The second-order valence-electron chi connectivity index (χ2n) is 6.90. The minimum atomic E-state index is -3.35. The third kappa shape index (κ3) is 4.04. The van der Waals surface area contributed by atoms with E-state index < -0.39 is 10.0 Å². The topological polar surface area (TPSA) is 93.1 Å². The summed E-state index contributed by atoms with van der Waals surface area (Å²) in [5.41, 5.74) is 5.40. The molecule has 1 aromatic heterocycles. The van der Waals surface area contributed by atoms with Crippen LogP contribution < -0.4 is 10.0 Å². The van der Waals surface area contributed by atoms with Gasteiger partial charge in [-0.2, -0.15) is 0 Å².